The molecule has 0 aliphatic carbocycles. The van der Waals surface area contributed by atoms with E-state index in [0.717, 1.165) is 0 Å². The first-order chi connectivity index (χ1) is 9.24. The third-order valence-corrected chi connectivity index (χ3v) is 4.30. The average molecular weight is 292 g/mol. The molecular formula is C19H32O2. The van der Waals surface area contributed by atoms with Gasteiger partial charge >= 0.3 is 0 Å². The summed E-state index contributed by atoms with van der Waals surface area (Å²) >= 11 is 0. The quantitative estimate of drug-likeness (QED) is 0.763. The van der Waals surface area contributed by atoms with Crippen molar-refractivity contribution < 1.29 is 9.84 Å². The fourth-order valence-electron chi connectivity index (χ4n) is 4.54. The fraction of sp³-hybridized carbons (Fsp3) is 0.684. The Morgan fingerprint density at radius 3 is 1.43 bits per heavy atom. The highest BCUT2D eigenvalue weighted by Crippen LogP contribution is 2.57. The molecule has 0 radical (unpaired) electrons. The maximum absolute atomic E-state index is 10.1. The number of aromatic hydroxyl groups is 1. The Kier molecular flexibility index (Phi) is 4.45. The van der Waals surface area contributed by atoms with Crippen molar-refractivity contribution in [1.29, 1.82) is 0 Å². The lowest BCUT2D eigenvalue weighted by atomic mass is 9.52. The van der Waals surface area contributed by atoms with Crippen molar-refractivity contribution in [3.05, 3.63) is 24.3 Å². The van der Waals surface area contributed by atoms with Crippen molar-refractivity contribution in [3.8, 4) is 11.5 Å². The minimum absolute atomic E-state index is 0.105. The molecule has 2 heteroatoms. The number of phenols is 1. The highest BCUT2D eigenvalue weighted by atomic mass is 16.5. The standard InChI is InChI=1S/C19H32O2/c1-16(2,3)19(17(4,5)6,18(7,8)9)21-15-13-11-10-12-14(15)20/h10-13,20H,1-9H3. The Morgan fingerprint density at radius 2 is 1.10 bits per heavy atom. The summed E-state index contributed by atoms with van der Waals surface area (Å²) in [5.74, 6) is 0.747. The lowest BCUT2D eigenvalue weighted by Crippen LogP contribution is -2.65. The molecular weight excluding hydrogens is 260 g/mol. The number of rotatable bonds is 2. The van der Waals surface area contributed by atoms with E-state index in [1.165, 1.54) is 0 Å². The molecule has 0 unspecified atom stereocenters. The van der Waals surface area contributed by atoms with Crippen LogP contribution in [0, 0.1) is 16.2 Å². The zero-order valence-corrected chi connectivity index (χ0v) is 15.2. The van der Waals surface area contributed by atoms with Crippen LogP contribution < -0.4 is 4.74 Å². The molecule has 0 bridgehead atoms. The third kappa shape index (κ3) is 3.04. The Morgan fingerprint density at radius 1 is 0.714 bits per heavy atom. The van der Waals surface area contributed by atoms with Crippen LogP contribution in [0.5, 0.6) is 11.5 Å². The maximum Gasteiger partial charge on any atom is 0.161 e. The molecule has 0 amide bonds. The van der Waals surface area contributed by atoms with Gasteiger partial charge in [0.15, 0.2) is 11.5 Å². The number of ether oxygens (including phenoxy) is 1. The number of para-hydroxylation sites is 2. The molecule has 21 heavy (non-hydrogen) atoms. The van der Waals surface area contributed by atoms with Gasteiger partial charge in [0, 0.05) is 16.2 Å². The number of hydrogen-bond acceptors (Lipinski definition) is 2. The summed E-state index contributed by atoms with van der Waals surface area (Å²) in [6, 6.07) is 7.23. The van der Waals surface area contributed by atoms with Gasteiger partial charge in [-0.2, -0.15) is 0 Å². The van der Waals surface area contributed by atoms with Crippen molar-refractivity contribution >= 4 is 0 Å². The SMILES string of the molecule is CC(C)(C)C(Oc1ccccc1O)(C(C)(C)C)C(C)(C)C. The van der Waals surface area contributed by atoms with Crippen LogP contribution in [0.15, 0.2) is 24.3 Å². The Bertz CT molecular complexity index is 445. The summed E-state index contributed by atoms with van der Waals surface area (Å²) in [5.41, 5.74) is -0.769. The van der Waals surface area contributed by atoms with Crippen LogP contribution in [0.2, 0.25) is 0 Å². The summed E-state index contributed by atoms with van der Waals surface area (Å²) in [6.45, 7) is 19.9. The largest absolute Gasteiger partial charge is 0.504 e. The second-order valence-corrected chi connectivity index (χ2v) is 9.00. The highest BCUT2D eigenvalue weighted by molar-refractivity contribution is 5.39. The first kappa shape index (κ1) is 17.9. The van der Waals surface area contributed by atoms with Gasteiger partial charge in [0.05, 0.1) is 0 Å². The van der Waals surface area contributed by atoms with Crippen LogP contribution in [-0.4, -0.2) is 10.7 Å². The van der Waals surface area contributed by atoms with Gasteiger partial charge in [0.25, 0.3) is 0 Å². The molecule has 0 saturated carbocycles. The molecule has 1 rings (SSSR count). The van der Waals surface area contributed by atoms with Crippen LogP contribution in [0.25, 0.3) is 0 Å². The zero-order valence-electron chi connectivity index (χ0n) is 15.2. The summed E-state index contributed by atoms with van der Waals surface area (Å²) < 4.78 is 6.58. The Balaban J connectivity index is 3.56. The molecule has 0 heterocycles. The molecule has 120 valence electrons. The van der Waals surface area contributed by atoms with Gasteiger partial charge in [-0.3, -0.25) is 0 Å². The minimum atomic E-state index is -0.453. The van der Waals surface area contributed by atoms with E-state index >= 15 is 0 Å². The van der Waals surface area contributed by atoms with E-state index in [1.807, 2.05) is 18.2 Å². The maximum atomic E-state index is 10.1. The molecule has 1 aromatic rings. The van der Waals surface area contributed by atoms with Crippen LogP contribution in [0.4, 0.5) is 0 Å². The molecule has 0 atom stereocenters. The van der Waals surface area contributed by atoms with E-state index in [4.69, 9.17) is 4.74 Å². The third-order valence-electron chi connectivity index (χ3n) is 4.30. The zero-order chi connectivity index (χ0) is 16.7. The van der Waals surface area contributed by atoms with Gasteiger partial charge < -0.3 is 9.84 Å². The van der Waals surface area contributed by atoms with E-state index in [1.54, 1.807) is 6.07 Å². The molecule has 0 aromatic heterocycles. The van der Waals surface area contributed by atoms with Gasteiger partial charge in [-0.1, -0.05) is 74.4 Å². The molecule has 2 nitrogen and oxygen atoms in total. The van der Waals surface area contributed by atoms with Crippen molar-refractivity contribution in [2.45, 2.75) is 67.9 Å². The predicted octanol–water partition coefficient (Wildman–Crippen LogP) is 5.65. The lowest BCUT2D eigenvalue weighted by Gasteiger charge is -2.60. The predicted molar refractivity (Wildman–Crippen MR) is 89.8 cm³/mol. The number of phenolic OH excluding ortho intramolecular Hbond substituents is 1. The fourth-order valence-corrected chi connectivity index (χ4v) is 4.54. The van der Waals surface area contributed by atoms with Gasteiger partial charge in [-0.15, -0.1) is 0 Å². The molecule has 0 fully saturated rings. The lowest BCUT2D eigenvalue weighted by molar-refractivity contribution is -0.183. The van der Waals surface area contributed by atoms with Crippen molar-refractivity contribution in [1.82, 2.24) is 0 Å². The summed E-state index contributed by atoms with van der Waals surface area (Å²) in [7, 11) is 0. The topological polar surface area (TPSA) is 29.5 Å². The second kappa shape index (κ2) is 5.23. The first-order valence-electron chi connectivity index (χ1n) is 7.71. The number of benzene rings is 1. The highest BCUT2D eigenvalue weighted by Gasteiger charge is 2.60. The van der Waals surface area contributed by atoms with E-state index in [0.29, 0.717) is 5.75 Å². The summed E-state index contributed by atoms with van der Waals surface area (Å²) in [5, 5.41) is 10.1. The smallest absolute Gasteiger partial charge is 0.161 e. The van der Waals surface area contributed by atoms with E-state index < -0.39 is 5.60 Å². The summed E-state index contributed by atoms with van der Waals surface area (Å²) in [6.07, 6.45) is 0. The average Bonchev–Trinajstić information content (AvgIpc) is 2.22. The van der Waals surface area contributed by atoms with Crippen LogP contribution >= 0.6 is 0 Å². The van der Waals surface area contributed by atoms with E-state index in [2.05, 4.69) is 62.3 Å². The Hall–Kier alpha value is -1.18. The number of hydrogen-bond donors (Lipinski definition) is 1. The van der Waals surface area contributed by atoms with Crippen LogP contribution in [0.1, 0.15) is 62.3 Å². The molecule has 0 aliphatic heterocycles. The van der Waals surface area contributed by atoms with Gasteiger partial charge in [0.1, 0.15) is 5.60 Å². The molecule has 1 aromatic carbocycles. The normalized spacial score (nSPS) is 14.1. The summed E-state index contributed by atoms with van der Waals surface area (Å²) in [4.78, 5) is 0. The van der Waals surface area contributed by atoms with Gasteiger partial charge in [-0.25, -0.2) is 0 Å². The van der Waals surface area contributed by atoms with Gasteiger partial charge in [-0.05, 0) is 12.1 Å². The minimum Gasteiger partial charge on any atom is -0.504 e. The van der Waals surface area contributed by atoms with Crippen LogP contribution in [0.3, 0.4) is 0 Å². The molecule has 0 spiro atoms. The van der Waals surface area contributed by atoms with Crippen LogP contribution in [-0.2, 0) is 0 Å². The molecule has 0 saturated heterocycles. The van der Waals surface area contributed by atoms with E-state index in [-0.39, 0.29) is 22.0 Å². The monoisotopic (exact) mass is 292 g/mol. The van der Waals surface area contributed by atoms with Gasteiger partial charge in [0.2, 0.25) is 0 Å². The van der Waals surface area contributed by atoms with Crippen molar-refractivity contribution in [3.63, 3.8) is 0 Å². The molecule has 0 aliphatic rings. The molecule has 1 N–H and O–H groups in total. The Labute approximate surface area is 130 Å². The van der Waals surface area contributed by atoms with Crippen molar-refractivity contribution in [2.24, 2.45) is 16.2 Å². The second-order valence-electron chi connectivity index (χ2n) is 9.00. The first-order valence-corrected chi connectivity index (χ1v) is 7.71. The van der Waals surface area contributed by atoms with E-state index in [9.17, 15) is 5.11 Å². The van der Waals surface area contributed by atoms with Crippen molar-refractivity contribution in [2.75, 3.05) is 0 Å².